The summed E-state index contributed by atoms with van der Waals surface area (Å²) in [6.07, 6.45) is 0. The van der Waals surface area contributed by atoms with Gasteiger partial charge in [0.1, 0.15) is 0 Å². The van der Waals surface area contributed by atoms with E-state index in [2.05, 4.69) is 288 Å². The van der Waals surface area contributed by atoms with Gasteiger partial charge in [-0.1, -0.05) is 218 Å². The molecule has 0 aliphatic carbocycles. The summed E-state index contributed by atoms with van der Waals surface area (Å²) in [6.45, 7) is 0. The number of fused-ring (bicyclic) bond motifs is 6. The van der Waals surface area contributed by atoms with Crippen molar-refractivity contribution >= 4 is 72.4 Å². The van der Waals surface area contributed by atoms with Gasteiger partial charge < -0.3 is 9.13 Å². The standard InChI is InChI=1S/C66H46N2Si/c1-5-19-53(20-6-1)67-63-30-15-13-28-59(63)61-45-51(38-42-65(61)67)47-32-34-48(35-33-47)52-39-43-66-62(46-52)60-29-14-16-31-64(60)68(66)54-40-36-49(37-41-54)50-18-17-27-58(44-50)69(55-21-7-2-8-22-55,56-23-9-3-10-24-56)57-25-11-4-12-26-57/h1-46H. The number of hydrogen-bond acceptors (Lipinski definition) is 0. The van der Waals surface area contributed by atoms with E-state index in [1.807, 2.05) is 0 Å². The van der Waals surface area contributed by atoms with Gasteiger partial charge in [-0.25, -0.2) is 0 Å². The molecule has 0 bridgehead atoms. The molecule has 0 amide bonds. The normalized spacial score (nSPS) is 11.8. The van der Waals surface area contributed by atoms with Gasteiger partial charge in [-0.3, -0.25) is 0 Å². The zero-order chi connectivity index (χ0) is 45.7. The van der Waals surface area contributed by atoms with E-state index < -0.39 is 8.07 Å². The molecule has 0 N–H and O–H groups in total. The quantitative estimate of drug-likeness (QED) is 0.101. The molecule has 3 heteroatoms. The van der Waals surface area contributed by atoms with Gasteiger partial charge in [0.05, 0.1) is 22.1 Å². The highest BCUT2D eigenvalue weighted by molar-refractivity contribution is 7.19. The Hall–Kier alpha value is -8.76. The van der Waals surface area contributed by atoms with Crippen LogP contribution in [0.1, 0.15) is 0 Å². The Morgan fingerprint density at radius 3 is 1.00 bits per heavy atom. The molecule has 0 saturated carbocycles. The van der Waals surface area contributed by atoms with E-state index in [1.165, 1.54) is 103 Å². The lowest BCUT2D eigenvalue weighted by atomic mass is 9.98. The molecule has 0 fully saturated rings. The van der Waals surface area contributed by atoms with Crippen LogP contribution in [0, 0.1) is 0 Å². The zero-order valence-corrected chi connectivity index (χ0v) is 39.0. The van der Waals surface area contributed by atoms with E-state index in [9.17, 15) is 0 Å². The van der Waals surface area contributed by atoms with Crippen LogP contribution in [0.15, 0.2) is 279 Å². The van der Waals surface area contributed by atoms with Gasteiger partial charge in [0, 0.05) is 32.9 Å². The molecule has 13 rings (SSSR count). The van der Waals surface area contributed by atoms with Crippen molar-refractivity contribution in [2.45, 2.75) is 0 Å². The van der Waals surface area contributed by atoms with Gasteiger partial charge in [-0.05, 0) is 115 Å². The molecule has 0 aliphatic heterocycles. The molecule has 11 aromatic carbocycles. The Morgan fingerprint density at radius 1 is 0.203 bits per heavy atom. The molecular formula is C66H46N2Si. The van der Waals surface area contributed by atoms with Gasteiger partial charge in [0.15, 0.2) is 8.07 Å². The summed E-state index contributed by atoms with van der Waals surface area (Å²) in [5, 5.41) is 10.5. The maximum absolute atomic E-state index is 2.66. The average Bonchev–Trinajstić information content (AvgIpc) is 3.95. The molecule has 0 aliphatic rings. The first-order valence-electron chi connectivity index (χ1n) is 23.8. The summed E-state index contributed by atoms with van der Waals surface area (Å²) in [4.78, 5) is 0. The molecule has 2 aromatic heterocycles. The molecule has 2 heterocycles. The Kier molecular flexibility index (Phi) is 9.88. The first kappa shape index (κ1) is 40.5. The predicted molar refractivity (Wildman–Crippen MR) is 295 cm³/mol. The van der Waals surface area contributed by atoms with Gasteiger partial charge in [-0.2, -0.15) is 0 Å². The Labute approximate surface area is 403 Å². The van der Waals surface area contributed by atoms with Crippen molar-refractivity contribution < 1.29 is 0 Å². The monoisotopic (exact) mass is 894 g/mol. The van der Waals surface area contributed by atoms with Crippen LogP contribution in [-0.2, 0) is 0 Å². The fraction of sp³-hybridized carbons (Fsp3) is 0. The zero-order valence-electron chi connectivity index (χ0n) is 38.0. The number of aromatic nitrogens is 2. The summed E-state index contributed by atoms with van der Waals surface area (Å²) in [7, 11) is -2.66. The number of nitrogens with zero attached hydrogens (tertiary/aromatic N) is 2. The first-order valence-corrected chi connectivity index (χ1v) is 25.8. The number of para-hydroxylation sites is 3. The molecule has 13 aromatic rings. The van der Waals surface area contributed by atoms with Crippen LogP contribution in [0.5, 0.6) is 0 Å². The van der Waals surface area contributed by atoms with Gasteiger partial charge >= 0.3 is 0 Å². The maximum atomic E-state index is 2.45. The topological polar surface area (TPSA) is 9.86 Å². The Bertz CT molecular complexity index is 3870. The molecule has 324 valence electrons. The van der Waals surface area contributed by atoms with Crippen LogP contribution >= 0.6 is 0 Å². The number of benzene rings is 11. The fourth-order valence-electron chi connectivity index (χ4n) is 11.1. The smallest absolute Gasteiger partial charge is 0.179 e. The van der Waals surface area contributed by atoms with Crippen molar-refractivity contribution in [3.8, 4) is 44.8 Å². The summed E-state index contributed by atoms with van der Waals surface area (Å²) >= 11 is 0. The van der Waals surface area contributed by atoms with Crippen LogP contribution in [0.4, 0.5) is 0 Å². The van der Waals surface area contributed by atoms with E-state index in [-0.39, 0.29) is 0 Å². The maximum Gasteiger partial charge on any atom is 0.179 e. The molecule has 0 radical (unpaired) electrons. The van der Waals surface area contributed by atoms with Crippen LogP contribution < -0.4 is 20.7 Å². The third kappa shape index (κ3) is 6.78. The van der Waals surface area contributed by atoms with E-state index in [4.69, 9.17) is 0 Å². The highest BCUT2D eigenvalue weighted by Crippen LogP contribution is 2.38. The van der Waals surface area contributed by atoms with Crippen LogP contribution in [-0.4, -0.2) is 17.2 Å². The minimum atomic E-state index is -2.66. The number of hydrogen-bond donors (Lipinski definition) is 0. The lowest BCUT2D eigenvalue weighted by Gasteiger charge is -2.34. The molecule has 0 spiro atoms. The number of rotatable bonds is 9. The third-order valence-electron chi connectivity index (χ3n) is 14.3. The highest BCUT2D eigenvalue weighted by Gasteiger charge is 2.41. The molecule has 2 nitrogen and oxygen atoms in total. The van der Waals surface area contributed by atoms with E-state index in [0.717, 1.165) is 5.69 Å². The summed E-state index contributed by atoms with van der Waals surface area (Å²) in [5.41, 5.74) is 14.4. The Morgan fingerprint density at radius 2 is 0.536 bits per heavy atom. The highest BCUT2D eigenvalue weighted by atomic mass is 28.3. The van der Waals surface area contributed by atoms with Crippen LogP contribution in [0.2, 0.25) is 0 Å². The van der Waals surface area contributed by atoms with Crippen molar-refractivity contribution in [3.05, 3.63) is 279 Å². The predicted octanol–water partition coefficient (Wildman–Crippen LogP) is 14.3. The molecule has 0 saturated heterocycles. The van der Waals surface area contributed by atoms with Gasteiger partial charge in [-0.15, -0.1) is 0 Å². The second-order valence-corrected chi connectivity index (χ2v) is 21.9. The molecule has 0 atom stereocenters. The minimum absolute atomic E-state index is 1.14. The minimum Gasteiger partial charge on any atom is -0.309 e. The first-order chi connectivity index (χ1) is 34.2. The van der Waals surface area contributed by atoms with Crippen molar-refractivity contribution in [2.24, 2.45) is 0 Å². The lowest BCUT2D eigenvalue weighted by Crippen LogP contribution is -2.74. The summed E-state index contributed by atoms with van der Waals surface area (Å²) in [6, 6.07) is 103. The van der Waals surface area contributed by atoms with Crippen molar-refractivity contribution in [2.75, 3.05) is 0 Å². The SMILES string of the molecule is c1ccc(-n2c3ccccc3c3cc(-c4ccc(-c5ccc6c(c5)c5ccccc5n6-c5ccc(-c6cccc([Si](c7ccccc7)(c7ccccc7)c7ccccc7)c6)cc5)cc4)ccc32)cc1. The van der Waals surface area contributed by atoms with Crippen LogP contribution in [0.3, 0.4) is 0 Å². The summed E-state index contributed by atoms with van der Waals surface area (Å²) < 4.78 is 4.79. The molecule has 0 unspecified atom stereocenters. The molecular weight excluding hydrogens is 849 g/mol. The summed E-state index contributed by atoms with van der Waals surface area (Å²) in [5.74, 6) is 0. The van der Waals surface area contributed by atoms with Gasteiger partial charge in [0.25, 0.3) is 0 Å². The second-order valence-electron chi connectivity index (χ2n) is 18.1. The van der Waals surface area contributed by atoms with Crippen molar-refractivity contribution in [1.82, 2.24) is 9.13 Å². The van der Waals surface area contributed by atoms with E-state index in [0.29, 0.717) is 0 Å². The van der Waals surface area contributed by atoms with Crippen molar-refractivity contribution in [1.29, 1.82) is 0 Å². The third-order valence-corrected chi connectivity index (χ3v) is 19.1. The van der Waals surface area contributed by atoms with Crippen LogP contribution in [0.25, 0.3) is 88.4 Å². The van der Waals surface area contributed by atoms with Gasteiger partial charge in [0.2, 0.25) is 0 Å². The lowest BCUT2D eigenvalue weighted by molar-refractivity contribution is 1.18. The largest absolute Gasteiger partial charge is 0.309 e. The Balaban J connectivity index is 0.842. The molecule has 69 heavy (non-hydrogen) atoms. The fourth-order valence-corrected chi connectivity index (χ4v) is 15.9. The van der Waals surface area contributed by atoms with E-state index in [1.54, 1.807) is 0 Å². The second kappa shape index (κ2) is 16.8. The van der Waals surface area contributed by atoms with Crippen molar-refractivity contribution in [3.63, 3.8) is 0 Å². The average molecular weight is 895 g/mol. The van der Waals surface area contributed by atoms with E-state index >= 15 is 0 Å².